The number of rotatable bonds is 8. The summed E-state index contributed by atoms with van der Waals surface area (Å²) in [5, 5.41) is 3.66. The minimum atomic E-state index is -0.293. The van der Waals surface area contributed by atoms with Crippen molar-refractivity contribution in [1.29, 1.82) is 0 Å². The van der Waals surface area contributed by atoms with Gasteiger partial charge >= 0.3 is 0 Å². The second kappa shape index (κ2) is 17.8. The van der Waals surface area contributed by atoms with Gasteiger partial charge < -0.3 is 20.0 Å². The lowest BCUT2D eigenvalue weighted by atomic mass is 9.77. The zero-order valence-corrected chi connectivity index (χ0v) is 41.5. The van der Waals surface area contributed by atoms with Crippen molar-refractivity contribution in [2.75, 3.05) is 14.7 Å². The summed E-state index contributed by atoms with van der Waals surface area (Å²) in [5.41, 5.74) is 24.4. The highest BCUT2D eigenvalue weighted by Gasteiger charge is 2.42. The van der Waals surface area contributed by atoms with Gasteiger partial charge in [0.2, 0.25) is 0 Å². The van der Waals surface area contributed by atoms with E-state index >= 15 is 0 Å². The summed E-state index contributed by atoms with van der Waals surface area (Å²) in [6, 6.07) is 63.2. The fourth-order valence-corrected chi connectivity index (χ4v) is 13.0. The molecule has 5 heterocycles. The van der Waals surface area contributed by atoms with Crippen LogP contribution in [0.1, 0.15) is 83.6 Å². The van der Waals surface area contributed by atoms with E-state index in [1.165, 1.54) is 90.2 Å². The van der Waals surface area contributed by atoms with Crippen LogP contribution < -0.4 is 20.0 Å². The van der Waals surface area contributed by atoms with E-state index in [0.29, 0.717) is 17.7 Å². The third-order valence-corrected chi connectivity index (χ3v) is 16.5. The number of hydrogen-bond donors (Lipinski definition) is 1. The molecular formula is C68H53N7. The van der Waals surface area contributed by atoms with Crippen LogP contribution in [0.15, 0.2) is 280 Å². The van der Waals surface area contributed by atoms with Gasteiger partial charge in [-0.25, -0.2) is 9.98 Å². The third-order valence-electron chi connectivity index (χ3n) is 16.5. The van der Waals surface area contributed by atoms with E-state index in [2.05, 4.69) is 225 Å². The van der Waals surface area contributed by atoms with Crippen LogP contribution >= 0.6 is 0 Å². The van der Waals surface area contributed by atoms with E-state index in [1.807, 2.05) is 24.3 Å². The molecule has 0 saturated heterocycles. The molecule has 0 bridgehead atoms. The first-order chi connectivity index (χ1) is 37.2. The van der Waals surface area contributed by atoms with Crippen LogP contribution in [-0.4, -0.2) is 16.7 Å². The summed E-state index contributed by atoms with van der Waals surface area (Å²) in [7, 11) is 0. The Labute approximate surface area is 438 Å². The van der Waals surface area contributed by atoms with E-state index in [4.69, 9.17) is 9.98 Å². The number of para-hydroxylation sites is 3. The van der Waals surface area contributed by atoms with Crippen LogP contribution in [-0.2, 0) is 0 Å². The lowest BCUT2D eigenvalue weighted by molar-refractivity contribution is 0.673. The van der Waals surface area contributed by atoms with Crippen LogP contribution in [0, 0.1) is 5.92 Å². The van der Waals surface area contributed by atoms with Crippen LogP contribution in [0.5, 0.6) is 0 Å². The molecule has 1 aromatic heterocycles. The molecule has 4 aliphatic carbocycles. The van der Waals surface area contributed by atoms with Crippen molar-refractivity contribution in [3.05, 3.63) is 304 Å². The van der Waals surface area contributed by atoms with Crippen molar-refractivity contribution >= 4 is 45.7 Å². The maximum Gasteiger partial charge on any atom is 0.178 e. The number of aromatic nitrogens is 1. The molecule has 7 nitrogen and oxygen atoms in total. The fraction of sp³-hybridized carbons (Fsp3) is 0.132. The van der Waals surface area contributed by atoms with E-state index in [-0.39, 0.29) is 12.1 Å². The highest BCUT2D eigenvalue weighted by atomic mass is 15.2. The third kappa shape index (κ3) is 7.36. The number of pyridine rings is 1. The Hall–Kier alpha value is -9.07. The van der Waals surface area contributed by atoms with Crippen LogP contribution in [0.4, 0.5) is 28.4 Å². The van der Waals surface area contributed by atoms with Gasteiger partial charge in [0, 0.05) is 80.7 Å². The number of nitrogens with one attached hydrogen (secondary N) is 1. The zero-order chi connectivity index (χ0) is 49.4. The maximum absolute atomic E-state index is 5.08. The highest BCUT2D eigenvalue weighted by Crippen LogP contribution is 2.56. The Bertz CT molecular complexity index is 3780. The van der Waals surface area contributed by atoms with Gasteiger partial charge in [0.1, 0.15) is 17.7 Å². The van der Waals surface area contributed by atoms with Crippen molar-refractivity contribution in [3.8, 4) is 0 Å². The zero-order valence-electron chi connectivity index (χ0n) is 41.5. The number of aliphatic imine (C=N–C) groups is 2. The molecule has 8 aliphatic rings. The molecule has 4 aliphatic heterocycles. The lowest BCUT2D eigenvalue weighted by Gasteiger charge is -2.31. The van der Waals surface area contributed by atoms with Gasteiger partial charge in [-0.2, -0.15) is 0 Å². The molecule has 1 N–H and O–H groups in total. The fourth-order valence-electron chi connectivity index (χ4n) is 13.0. The first-order valence-corrected chi connectivity index (χ1v) is 26.5. The number of anilines is 5. The molecule has 7 aromatic rings. The molecule has 0 fully saturated rings. The van der Waals surface area contributed by atoms with Gasteiger partial charge in [-0.15, -0.1) is 0 Å². The molecule has 7 heteroatoms. The van der Waals surface area contributed by atoms with Gasteiger partial charge in [0.15, 0.2) is 5.84 Å². The van der Waals surface area contributed by atoms with Gasteiger partial charge in [-0.3, -0.25) is 4.98 Å². The van der Waals surface area contributed by atoms with Crippen molar-refractivity contribution in [2.24, 2.45) is 15.9 Å². The maximum atomic E-state index is 5.08. The number of hydrogen-bond acceptors (Lipinski definition) is 7. The first kappa shape index (κ1) is 43.5. The molecule has 0 spiro atoms. The molecule has 0 saturated carbocycles. The van der Waals surface area contributed by atoms with E-state index < -0.39 is 0 Å². The molecule has 0 amide bonds. The van der Waals surface area contributed by atoms with Crippen LogP contribution in [0.25, 0.3) is 5.57 Å². The Morgan fingerprint density at radius 3 is 1.88 bits per heavy atom. The largest absolute Gasteiger partial charge is 0.344 e. The molecule has 0 radical (unpaired) electrons. The normalized spacial score (nSPS) is 21.9. The monoisotopic (exact) mass is 967 g/mol. The number of allylic oxidation sites excluding steroid dienone is 15. The summed E-state index contributed by atoms with van der Waals surface area (Å²) in [4.78, 5) is 22.3. The molecule has 360 valence electrons. The number of nitrogens with zero attached hydrogens (tertiary/aromatic N) is 6. The number of amidine groups is 2. The number of benzene rings is 6. The predicted octanol–water partition coefficient (Wildman–Crippen LogP) is 15.6. The predicted molar refractivity (Wildman–Crippen MR) is 305 cm³/mol. The minimum Gasteiger partial charge on any atom is -0.344 e. The quantitative estimate of drug-likeness (QED) is 0.164. The van der Waals surface area contributed by atoms with Gasteiger partial charge in [0.25, 0.3) is 0 Å². The molecule has 4 unspecified atom stereocenters. The number of fused-ring (bicyclic) bond motifs is 8. The Morgan fingerprint density at radius 2 is 1.13 bits per heavy atom. The summed E-state index contributed by atoms with van der Waals surface area (Å²) in [6.07, 6.45) is 25.5. The molecule has 15 rings (SSSR count). The topological polar surface area (TPSA) is 59.4 Å². The van der Waals surface area contributed by atoms with Gasteiger partial charge in [-0.1, -0.05) is 127 Å². The smallest absolute Gasteiger partial charge is 0.178 e. The second-order valence-electron chi connectivity index (χ2n) is 20.6. The first-order valence-electron chi connectivity index (χ1n) is 26.5. The van der Waals surface area contributed by atoms with E-state index in [1.54, 1.807) is 6.20 Å². The standard InChI is InChI=1S/C68H53N7/c1-4-16-44(17-5-1)66-70-67(72-68(71-66)59-24-14-15-39-69-59)45-27-33-52(34-28-45)75-64-37-31-48(46-29-35-62-55(40-46)53-22-10-12-25-60(53)73(62)50-18-6-2-7-19-50)42-57(64)58-43-49(32-38-65(58)75)47-30-36-63-56(41-47)54-23-11-13-26-61(54)74(63)51-20-8-3-9-21-51/h1-22,24-31,33-37,39,41,43,54-55,57,66H,23,32,38,40,42H2,(H,70,71,72). The van der Waals surface area contributed by atoms with Crippen molar-refractivity contribution in [1.82, 2.24) is 10.3 Å². The van der Waals surface area contributed by atoms with Crippen molar-refractivity contribution in [3.63, 3.8) is 0 Å². The Morgan fingerprint density at radius 1 is 0.493 bits per heavy atom. The average Bonchev–Trinajstić information content (AvgIpc) is 4.14. The van der Waals surface area contributed by atoms with E-state index in [9.17, 15) is 0 Å². The molecule has 4 atom stereocenters. The summed E-state index contributed by atoms with van der Waals surface area (Å²) in [6.45, 7) is 0. The SMILES string of the molecule is C1=CCC2C(=C1)N(c1ccccc1)c1ccc(C3=CC4=C(CC3)N(c3ccc(C5=NC(c6ccccn6)=NC(c6ccccc6)N5)cc3)C3=CC=C(C5=CC=C6C(C5)c5ccccc5N6c5ccccc5)CC34)cc12. The highest BCUT2D eigenvalue weighted by molar-refractivity contribution is 6.12. The summed E-state index contributed by atoms with van der Waals surface area (Å²) < 4.78 is 0. The van der Waals surface area contributed by atoms with Crippen molar-refractivity contribution < 1.29 is 0 Å². The van der Waals surface area contributed by atoms with Gasteiger partial charge in [0.05, 0.1) is 0 Å². The molecule has 6 aromatic carbocycles. The molecule has 75 heavy (non-hydrogen) atoms. The van der Waals surface area contributed by atoms with Crippen molar-refractivity contribution in [2.45, 2.75) is 50.1 Å². The van der Waals surface area contributed by atoms with E-state index in [0.717, 1.165) is 54.8 Å². The van der Waals surface area contributed by atoms with Crippen LogP contribution in [0.2, 0.25) is 0 Å². The average molecular weight is 968 g/mol. The Balaban J connectivity index is 0.800. The van der Waals surface area contributed by atoms with Gasteiger partial charge in [-0.05, 0) is 174 Å². The Kier molecular flexibility index (Phi) is 10.4. The van der Waals surface area contributed by atoms with Crippen LogP contribution in [0.3, 0.4) is 0 Å². The second-order valence-corrected chi connectivity index (χ2v) is 20.6. The minimum absolute atomic E-state index is 0.215. The summed E-state index contributed by atoms with van der Waals surface area (Å²) >= 11 is 0. The molecular weight excluding hydrogens is 915 g/mol. The lowest BCUT2D eigenvalue weighted by Crippen LogP contribution is -2.33. The summed E-state index contributed by atoms with van der Waals surface area (Å²) in [5.74, 6) is 2.25.